The van der Waals surface area contributed by atoms with Crippen LogP contribution in [0.5, 0.6) is 0 Å². The molecule has 2 N–H and O–H groups in total. The first-order chi connectivity index (χ1) is 8.74. The van der Waals surface area contributed by atoms with E-state index in [1.165, 1.54) is 44.6 Å². The second-order valence-corrected chi connectivity index (χ2v) is 5.65. The van der Waals surface area contributed by atoms with Crippen molar-refractivity contribution in [1.29, 1.82) is 0 Å². The van der Waals surface area contributed by atoms with Crippen molar-refractivity contribution >= 4 is 5.69 Å². The summed E-state index contributed by atoms with van der Waals surface area (Å²) in [7, 11) is 0. The Balaban J connectivity index is 1.61. The molecule has 1 heterocycles. The molecule has 1 saturated heterocycles. The predicted molar refractivity (Wildman–Crippen MR) is 75.4 cm³/mol. The molecule has 1 saturated carbocycles. The first-order valence-electron chi connectivity index (χ1n) is 7.07. The molecule has 1 aromatic rings. The van der Waals surface area contributed by atoms with Crippen molar-refractivity contribution in [1.82, 2.24) is 9.80 Å². The third-order valence-corrected chi connectivity index (χ3v) is 4.35. The smallest absolute Gasteiger partial charge is 0.0321 e. The molecule has 3 rings (SSSR count). The quantitative estimate of drug-likeness (QED) is 0.828. The molecular weight excluding hydrogens is 222 g/mol. The fraction of sp³-hybridized carbons (Fsp3) is 0.600. The van der Waals surface area contributed by atoms with E-state index >= 15 is 0 Å². The van der Waals surface area contributed by atoms with Crippen molar-refractivity contribution in [3.8, 4) is 0 Å². The number of hydrogen-bond donors (Lipinski definition) is 1. The Morgan fingerprint density at radius 2 is 1.89 bits per heavy atom. The zero-order valence-corrected chi connectivity index (χ0v) is 11.2. The summed E-state index contributed by atoms with van der Waals surface area (Å²) in [6.07, 6.45) is 2.84. The molecule has 0 radical (unpaired) electrons. The average Bonchev–Trinajstić information content (AvgIpc) is 3.22. The predicted octanol–water partition coefficient (Wildman–Crippen LogP) is 2.11. The number of anilines is 1. The molecule has 2 aliphatic rings. The molecule has 3 heteroatoms. The van der Waals surface area contributed by atoms with Gasteiger partial charge in [-0.2, -0.15) is 0 Å². The number of piperazine rings is 1. The zero-order valence-electron chi connectivity index (χ0n) is 11.2. The van der Waals surface area contributed by atoms with Crippen molar-refractivity contribution < 1.29 is 0 Å². The van der Waals surface area contributed by atoms with Gasteiger partial charge in [-0.15, -0.1) is 0 Å². The third-order valence-electron chi connectivity index (χ3n) is 4.35. The van der Waals surface area contributed by atoms with Gasteiger partial charge in [-0.3, -0.25) is 9.80 Å². The van der Waals surface area contributed by atoms with Crippen LogP contribution in [0.25, 0.3) is 0 Å². The Labute approximate surface area is 110 Å². The van der Waals surface area contributed by atoms with Crippen LogP contribution in [0.1, 0.15) is 31.4 Å². The summed E-state index contributed by atoms with van der Waals surface area (Å²) in [5, 5.41) is 0. The van der Waals surface area contributed by atoms with Gasteiger partial charge in [-0.05, 0) is 37.5 Å². The van der Waals surface area contributed by atoms with Crippen LogP contribution in [0.3, 0.4) is 0 Å². The molecule has 0 bridgehead atoms. The molecule has 1 aromatic carbocycles. The van der Waals surface area contributed by atoms with Crippen LogP contribution < -0.4 is 5.73 Å². The van der Waals surface area contributed by atoms with Gasteiger partial charge in [0, 0.05) is 44.0 Å². The summed E-state index contributed by atoms with van der Waals surface area (Å²) >= 11 is 0. The first-order valence-corrected chi connectivity index (χ1v) is 7.07. The molecule has 98 valence electrons. The Bertz CT molecular complexity index is 406. The lowest BCUT2D eigenvalue weighted by molar-refractivity contribution is 0.0975. The van der Waals surface area contributed by atoms with Crippen LogP contribution in [0, 0.1) is 0 Å². The van der Waals surface area contributed by atoms with E-state index in [0.29, 0.717) is 6.04 Å². The lowest BCUT2D eigenvalue weighted by atomic mass is 10.1. The van der Waals surface area contributed by atoms with Gasteiger partial charge in [0.15, 0.2) is 0 Å². The second-order valence-electron chi connectivity index (χ2n) is 5.65. The highest BCUT2D eigenvalue weighted by atomic mass is 15.3. The number of nitrogen functional groups attached to an aromatic ring is 1. The van der Waals surface area contributed by atoms with Gasteiger partial charge in [0.1, 0.15) is 0 Å². The highest BCUT2D eigenvalue weighted by molar-refractivity contribution is 5.41. The van der Waals surface area contributed by atoms with Gasteiger partial charge in [-0.1, -0.05) is 12.1 Å². The van der Waals surface area contributed by atoms with E-state index in [-0.39, 0.29) is 0 Å². The summed E-state index contributed by atoms with van der Waals surface area (Å²) in [5.74, 6) is 0. The van der Waals surface area contributed by atoms with E-state index in [4.69, 9.17) is 5.73 Å². The van der Waals surface area contributed by atoms with Crippen LogP contribution in [-0.4, -0.2) is 42.0 Å². The molecule has 0 spiro atoms. The number of nitrogens with zero attached hydrogens (tertiary/aromatic N) is 2. The molecule has 1 atom stereocenters. The molecule has 0 aromatic heterocycles. The van der Waals surface area contributed by atoms with E-state index in [9.17, 15) is 0 Å². The minimum Gasteiger partial charge on any atom is -0.399 e. The number of nitrogens with two attached hydrogens (primary N) is 1. The fourth-order valence-corrected chi connectivity index (χ4v) is 2.96. The first kappa shape index (κ1) is 12.0. The molecule has 1 unspecified atom stereocenters. The SMILES string of the molecule is CC(c1cccc(N)c1)N1CCN(C2CC2)CC1. The van der Waals surface area contributed by atoms with Crippen LogP contribution >= 0.6 is 0 Å². The Morgan fingerprint density at radius 3 is 2.50 bits per heavy atom. The zero-order chi connectivity index (χ0) is 12.5. The fourth-order valence-electron chi connectivity index (χ4n) is 2.96. The van der Waals surface area contributed by atoms with Crippen LogP contribution in [0.4, 0.5) is 5.69 Å². The van der Waals surface area contributed by atoms with Gasteiger partial charge in [0.2, 0.25) is 0 Å². The third kappa shape index (κ3) is 2.52. The number of benzene rings is 1. The lowest BCUT2D eigenvalue weighted by Gasteiger charge is -2.38. The maximum Gasteiger partial charge on any atom is 0.0321 e. The van der Waals surface area contributed by atoms with Crippen molar-refractivity contribution in [2.75, 3.05) is 31.9 Å². The van der Waals surface area contributed by atoms with Crippen molar-refractivity contribution in [2.24, 2.45) is 0 Å². The van der Waals surface area contributed by atoms with E-state index < -0.39 is 0 Å². The molecule has 1 aliphatic heterocycles. The van der Waals surface area contributed by atoms with Gasteiger partial charge in [0.05, 0.1) is 0 Å². The summed E-state index contributed by atoms with van der Waals surface area (Å²) < 4.78 is 0. The maximum absolute atomic E-state index is 5.87. The lowest BCUT2D eigenvalue weighted by Crippen LogP contribution is -2.47. The summed E-state index contributed by atoms with van der Waals surface area (Å²) in [6, 6.07) is 9.71. The van der Waals surface area contributed by atoms with E-state index in [1.54, 1.807) is 0 Å². The summed E-state index contributed by atoms with van der Waals surface area (Å²) in [5.41, 5.74) is 8.08. The van der Waals surface area contributed by atoms with Gasteiger partial charge in [0.25, 0.3) is 0 Å². The number of hydrogen-bond acceptors (Lipinski definition) is 3. The average molecular weight is 245 g/mol. The highest BCUT2D eigenvalue weighted by Crippen LogP contribution is 2.29. The molecule has 3 nitrogen and oxygen atoms in total. The molecule has 0 amide bonds. The molecule has 1 aliphatic carbocycles. The van der Waals surface area contributed by atoms with Crippen LogP contribution in [0.15, 0.2) is 24.3 Å². The van der Waals surface area contributed by atoms with Crippen molar-refractivity contribution in [3.63, 3.8) is 0 Å². The van der Waals surface area contributed by atoms with Gasteiger partial charge in [-0.25, -0.2) is 0 Å². The summed E-state index contributed by atoms with van der Waals surface area (Å²) in [4.78, 5) is 5.23. The minimum absolute atomic E-state index is 0.481. The monoisotopic (exact) mass is 245 g/mol. The van der Waals surface area contributed by atoms with Crippen LogP contribution in [0.2, 0.25) is 0 Å². The Morgan fingerprint density at radius 1 is 1.17 bits per heavy atom. The molecular formula is C15H23N3. The standard InChI is InChI=1S/C15H23N3/c1-12(13-3-2-4-14(16)11-13)17-7-9-18(10-8-17)15-5-6-15/h2-4,11-12,15H,5-10,16H2,1H3. The minimum atomic E-state index is 0.481. The highest BCUT2D eigenvalue weighted by Gasteiger charge is 2.32. The number of rotatable bonds is 3. The molecule has 18 heavy (non-hydrogen) atoms. The second kappa shape index (κ2) is 4.90. The normalized spacial score (nSPS) is 24.1. The summed E-state index contributed by atoms with van der Waals surface area (Å²) in [6.45, 7) is 7.13. The van der Waals surface area contributed by atoms with E-state index in [2.05, 4.69) is 34.9 Å². The topological polar surface area (TPSA) is 32.5 Å². The van der Waals surface area contributed by atoms with Gasteiger partial charge >= 0.3 is 0 Å². The largest absolute Gasteiger partial charge is 0.399 e. The Hall–Kier alpha value is -1.06. The van der Waals surface area contributed by atoms with Gasteiger partial charge < -0.3 is 5.73 Å². The maximum atomic E-state index is 5.87. The van der Waals surface area contributed by atoms with E-state index in [1.807, 2.05) is 6.07 Å². The van der Waals surface area contributed by atoms with E-state index in [0.717, 1.165) is 11.7 Å². The van der Waals surface area contributed by atoms with Crippen molar-refractivity contribution in [3.05, 3.63) is 29.8 Å². The Kier molecular flexibility index (Phi) is 3.27. The van der Waals surface area contributed by atoms with Crippen molar-refractivity contribution in [2.45, 2.75) is 31.8 Å². The molecule has 2 fully saturated rings. The van der Waals surface area contributed by atoms with Crippen LogP contribution in [-0.2, 0) is 0 Å².